The standard InChI is InChI=1S/C14H18ClNO2/c15-13-4-2-1-3-12(13)14(17)16-8-5-11-6-9-18-10-7-11/h1-4,11H,5-10H2,(H,16,17). The molecule has 0 saturated carbocycles. The predicted molar refractivity (Wildman–Crippen MR) is 71.9 cm³/mol. The van der Waals surface area contributed by atoms with Gasteiger partial charge in [0.1, 0.15) is 0 Å². The Kier molecular flexibility index (Phi) is 5.02. The molecular formula is C14H18ClNO2. The van der Waals surface area contributed by atoms with Crippen LogP contribution in [-0.4, -0.2) is 25.7 Å². The third-order valence-electron chi connectivity index (χ3n) is 3.30. The molecule has 0 aliphatic carbocycles. The molecule has 0 bridgehead atoms. The van der Waals surface area contributed by atoms with Crippen LogP contribution in [0.4, 0.5) is 0 Å². The topological polar surface area (TPSA) is 38.3 Å². The molecule has 0 radical (unpaired) electrons. The molecular weight excluding hydrogens is 250 g/mol. The van der Waals surface area contributed by atoms with Crippen LogP contribution in [0.3, 0.4) is 0 Å². The van der Waals surface area contributed by atoms with E-state index in [4.69, 9.17) is 16.3 Å². The number of benzene rings is 1. The van der Waals surface area contributed by atoms with Crippen LogP contribution in [0.1, 0.15) is 29.6 Å². The highest BCUT2D eigenvalue weighted by atomic mass is 35.5. The van der Waals surface area contributed by atoms with Gasteiger partial charge in [-0.05, 0) is 37.3 Å². The van der Waals surface area contributed by atoms with Crippen molar-refractivity contribution in [1.82, 2.24) is 5.32 Å². The first-order valence-corrected chi connectivity index (χ1v) is 6.75. The van der Waals surface area contributed by atoms with E-state index in [0.717, 1.165) is 32.5 Å². The zero-order valence-corrected chi connectivity index (χ0v) is 11.1. The van der Waals surface area contributed by atoms with Gasteiger partial charge in [0, 0.05) is 19.8 Å². The SMILES string of the molecule is O=C(NCCC1CCOCC1)c1ccccc1Cl. The first-order chi connectivity index (χ1) is 8.77. The summed E-state index contributed by atoms with van der Waals surface area (Å²) < 4.78 is 5.31. The summed E-state index contributed by atoms with van der Waals surface area (Å²) in [7, 11) is 0. The maximum Gasteiger partial charge on any atom is 0.252 e. The van der Waals surface area contributed by atoms with E-state index in [1.807, 2.05) is 12.1 Å². The fourth-order valence-electron chi connectivity index (χ4n) is 2.17. The summed E-state index contributed by atoms with van der Waals surface area (Å²) in [6, 6.07) is 7.11. The molecule has 4 heteroatoms. The van der Waals surface area contributed by atoms with Crippen molar-refractivity contribution in [2.45, 2.75) is 19.3 Å². The number of hydrogen-bond donors (Lipinski definition) is 1. The van der Waals surface area contributed by atoms with Gasteiger partial charge in [0.05, 0.1) is 10.6 Å². The van der Waals surface area contributed by atoms with Gasteiger partial charge in [0.2, 0.25) is 0 Å². The second-order valence-electron chi connectivity index (χ2n) is 4.58. The Morgan fingerprint density at radius 2 is 2.06 bits per heavy atom. The Bertz CT molecular complexity index is 403. The monoisotopic (exact) mass is 267 g/mol. The predicted octanol–water partition coefficient (Wildman–Crippen LogP) is 2.89. The minimum atomic E-state index is -0.0901. The summed E-state index contributed by atoms with van der Waals surface area (Å²) in [5.74, 6) is 0.581. The van der Waals surface area contributed by atoms with Crippen molar-refractivity contribution in [2.75, 3.05) is 19.8 Å². The molecule has 0 spiro atoms. The van der Waals surface area contributed by atoms with E-state index in [0.29, 0.717) is 23.0 Å². The Labute approximate surface area is 112 Å². The van der Waals surface area contributed by atoms with Gasteiger partial charge in [-0.25, -0.2) is 0 Å². The van der Waals surface area contributed by atoms with Gasteiger partial charge < -0.3 is 10.1 Å². The number of carbonyl (C=O) groups is 1. The molecule has 1 amide bonds. The Morgan fingerprint density at radius 3 is 2.78 bits per heavy atom. The van der Waals surface area contributed by atoms with Crippen LogP contribution in [0.25, 0.3) is 0 Å². The highest BCUT2D eigenvalue weighted by molar-refractivity contribution is 6.33. The number of nitrogens with one attached hydrogen (secondary N) is 1. The number of ether oxygens (including phenoxy) is 1. The molecule has 1 aliphatic rings. The third kappa shape index (κ3) is 3.72. The summed E-state index contributed by atoms with van der Waals surface area (Å²) in [6.45, 7) is 2.40. The van der Waals surface area contributed by atoms with Crippen LogP contribution in [0.5, 0.6) is 0 Å². The number of rotatable bonds is 4. The summed E-state index contributed by atoms with van der Waals surface area (Å²) >= 11 is 5.97. The average molecular weight is 268 g/mol. The van der Waals surface area contributed by atoms with Gasteiger partial charge >= 0.3 is 0 Å². The van der Waals surface area contributed by atoms with Gasteiger partial charge in [-0.15, -0.1) is 0 Å². The van der Waals surface area contributed by atoms with E-state index in [2.05, 4.69) is 5.32 Å². The minimum absolute atomic E-state index is 0.0901. The molecule has 1 N–H and O–H groups in total. The van der Waals surface area contributed by atoms with Crippen LogP contribution < -0.4 is 5.32 Å². The molecule has 0 aromatic heterocycles. The number of halogens is 1. The maximum absolute atomic E-state index is 11.9. The van der Waals surface area contributed by atoms with Crippen molar-refractivity contribution in [3.8, 4) is 0 Å². The number of carbonyl (C=O) groups excluding carboxylic acids is 1. The van der Waals surface area contributed by atoms with Crippen LogP contribution in [0.15, 0.2) is 24.3 Å². The molecule has 1 saturated heterocycles. The molecule has 3 nitrogen and oxygen atoms in total. The molecule has 1 fully saturated rings. The molecule has 0 unspecified atom stereocenters. The molecule has 0 atom stereocenters. The largest absolute Gasteiger partial charge is 0.381 e. The summed E-state index contributed by atoms with van der Waals surface area (Å²) in [6.07, 6.45) is 3.21. The van der Waals surface area contributed by atoms with Gasteiger partial charge in [-0.2, -0.15) is 0 Å². The van der Waals surface area contributed by atoms with Gasteiger partial charge in [0.15, 0.2) is 0 Å². The lowest BCUT2D eigenvalue weighted by Gasteiger charge is -2.21. The lowest BCUT2D eigenvalue weighted by Crippen LogP contribution is -2.27. The average Bonchev–Trinajstić information content (AvgIpc) is 2.40. The zero-order valence-electron chi connectivity index (χ0n) is 10.3. The quantitative estimate of drug-likeness (QED) is 0.911. The van der Waals surface area contributed by atoms with E-state index in [-0.39, 0.29) is 5.91 Å². The van der Waals surface area contributed by atoms with Crippen LogP contribution >= 0.6 is 11.6 Å². The molecule has 98 valence electrons. The lowest BCUT2D eigenvalue weighted by atomic mass is 9.97. The fraction of sp³-hybridized carbons (Fsp3) is 0.500. The van der Waals surface area contributed by atoms with Gasteiger partial charge in [-0.1, -0.05) is 23.7 Å². The molecule has 1 aromatic carbocycles. The van der Waals surface area contributed by atoms with Crippen LogP contribution in [0.2, 0.25) is 5.02 Å². The third-order valence-corrected chi connectivity index (χ3v) is 3.63. The molecule has 1 aliphatic heterocycles. The van der Waals surface area contributed by atoms with Gasteiger partial charge in [-0.3, -0.25) is 4.79 Å². The highest BCUT2D eigenvalue weighted by Gasteiger charge is 2.14. The number of hydrogen-bond acceptors (Lipinski definition) is 2. The normalized spacial score (nSPS) is 16.5. The highest BCUT2D eigenvalue weighted by Crippen LogP contribution is 2.18. The van der Waals surface area contributed by atoms with E-state index >= 15 is 0 Å². The lowest BCUT2D eigenvalue weighted by molar-refractivity contribution is 0.0636. The van der Waals surface area contributed by atoms with E-state index in [1.54, 1.807) is 12.1 Å². The summed E-state index contributed by atoms with van der Waals surface area (Å²) in [5.41, 5.74) is 0.547. The molecule has 1 heterocycles. The smallest absolute Gasteiger partial charge is 0.252 e. The van der Waals surface area contributed by atoms with Crippen molar-refractivity contribution in [3.63, 3.8) is 0 Å². The Hall–Kier alpha value is -1.06. The first-order valence-electron chi connectivity index (χ1n) is 6.38. The van der Waals surface area contributed by atoms with E-state index in [1.165, 1.54) is 0 Å². The minimum Gasteiger partial charge on any atom is -0.381 e. The Balaban J connectivity index is 1.76. The van der Waals surface area contributed by atoms with Crippen molar-refractivity contribution < 1.29 is 9.53 Å². The van der Waals surface area contributed by atoms with Crippen molar-refractivity contribution in [2.24, 2.45) is 5.92 Å². The van der Waals surface area contributed by atoms with Crippen molar-refractivity contribution >= 4 is 17.5 Å². The Morgan fingerprint density at radius 1 is 1.33 bits per heavy atom. The van der Waals surface area contributed by atoms with Crippen molar-refractivity contribution in [1.29, 1.82) is 0 Å². The van der Waals surface area contributed by atoms with Crippen LogP contribution in [0, 0.1) is 5.92 Å². The second-order valence-corrected chi connectivity index (χ2v) is 4.99. The summed E-state index contributed by atoms with van der Waals surface area (Å²) in [4.78, 5) is 11.9. The fourth-order valence-corrected chi connectivity index (χ4v) is 2.39. The molecule has 2 rings (SSSR count). The van der Waals surface area contributed by atoms with E-state index < -0.39 is 0 Å². The first kappa shape index (κ1) is 13.4. The second kappa shape index (κ2) is 6.76. The molecule has 1 aromatic rings. The number of amides is 1. The van der Waals surface area contributed by atoms with Gasteiger partial charge in [0.25, 0.3) is 5.91 Å². The summed E-state index contributed by atoms with van der Waals surface area (Å²) in [5, 5.41) is 3.42. The molecule has 18 heavy (non-hydrogen) atoms. The van der Waals surface area contributed by atoms with Crippen LogP contribution in [-0.2, 0) is 4.74 Å². The van der Waals surface area contributed by atoms with E-state index in [9.17, 15) is 4.79 Å². The van der Waals surface area contributed by atoms with Crippen molar-refractivity contribution in [3.05, 3.63) is 34.9 Å². The zero-order chi connectivity index (χ0) is 12.8. The maximum atomic E-state index is 11.9.